The van der Waals surface area contributed by atoms with Gasteiger partial charge in [-0.05, 0) is 105 Å². The Morgan fingerprint density at radius 3 is 2.19 bits per heavy atom. The second-order valence-electron chi connectivity index (χ2n) is 13.9. The van der Waals surface area contributed by atoms with Gasteiger partial charge in [-0.1, -0.05) is 71.3 Å². The normalized spacial score (nSPS) is 43.9. The van der Waals surface area contributed by atoms with Crippen LogP contribution in [-0.2, 0) is 4.79 Å². The van der Waals surface area contributed by atoms with E-state index in [1.165, 1.54) is 56.9 Å². The molecule has 0 aliphatic heterocycles. The molecule has 180 valence electrons. The number of fused-ring (bicyclic) bond motifs is 4. The molecule has 0 amide bonds. The summed E-state index contributed by atoms with van der Waals surface area (Å²) in [6.07, 6.45) is 14.6. The van der Waals surface area contributed by atoms with Gasteiger partial charge in [0.1, 0.15) is 5.78 Å². The van der Waals surface area contributed by atoms with Gasteiger partial charge in [0, 0.05) is 11.8 Å². The van der Waals surface area contributed by atoms with Crippen LogP contribution in [0.5, 0.6) is 0 Å². The van der Waals surface area contributed by atoms with Crippen LogP contribution in [0.3, 0.4) is 0 Å². The van der Waals surface area contributed by atoms with E-state index in [2.05, 4.69) is 68.4 Å². The van der Waals surface area contributed by atoms with E-state index in [-0.39, 0.29) is 16.2 Å². The number of allylic oxidation sites excluding steroid dienone is 4. The first-order valence-electron chi connectivity index (χ1n) is 13.6. The molecule has 2 saturated carbocycles. The van der Waals surface area contributed by atoms with Crippen molar-refractivity contribution in [2.24, 2.45) is 38.9 Å². The van der Waals surface area contributed by atoms with Crippen LogP contribution in [0, 0.1) is 38.9 Å². The van der Waals surface area contributed by atoms with Gasteiger partial charge in [0.05, 0.1) is 0 Å². The molecule has 0 bridgehead atoms. The van der Waals surface area contributed by atoms with Crippen LogP contribution in [-0.4, -0.2) is 5.78 Å². The summed E-state index contributed by atoms with van der Waals surface area (Å²) >= 11 is 0. The van der Waals surface area contributed by atoms with Crippen LogP contribution in [0.15, 0.2) is 22.8 Å². The van der Waals surface area contributed by atoms with E-state index < -0.39 is 0 Å². The molecule has 0 aromatic carbocycles. The van der Waals surface area contributed by atoms with E-state index in [9.17, 15) is 4.79 Å². The molecule has 2 fully saturated rings. The topological polar surface area (TPSA) is 17.1 Å². The SMILES string of the molecule is CC(C)=CCC[C@@H](C)[C@H]1CC[C@@]2(C)C3=C(CC[C@]12C)[C@@]1(C)CCC(=O)C(C)(C)[C@]1(C)CC3. The molecule has 0 spiro atoms. The summed E-state index contributed by atoms with van der Waals surface area (Å²) in [5.41, 5.74) is 5.95. The first-order valence-corrected chi connectivity index (χ1v) is 13.6. The largest absolute Gasteiger partial charge is 0.299 e. The maximum Gasteiger partial charge on any atom is 0.139 e. The van der Waals surface area contributed by atoms with Crippen molar-refractivity contribution in [3.05, 3.63) is 22.8 Å². The number of hydrogen-bond donors (Lipinski definition) is 0. The van der Waals surface area contributed by atoms with Gasteiger partial charge < -0.3 is 0 Å². The molecule has 1 nitrogen and oxygen atoms in total. The molecule has 4 rings (SSSR count). The molecule has 4 aliphatic carbocycles. The second-order valence-corrected chi connectivity index (χ2v) is 13.9. The monoisotopic (exact) mass is 438 g/mol. The van der Waals surface area contributed by atoms with Crippen molar-refractivity contribution < 1.29 is 4.79 Å². The first-order chi connectivity index (χ1) is 14.7. The van der Waals surface area contributed by atoms with Crippen molar-refractivity contribution in [3.63, 3.8) is 0 Å². The van der Waals surface area contributed by atoms with E-state index in [1.54, 1.807) is 5.57 Å². The van der Waals surface area contributed by atoms with Gasteiger partial charge in [-0.25, -0.2) is 0 Å². The van der Waals surface area contributed by atoms with E-state index in [1.807, 2.05) is 5.57 Å². The Morgan fingerprint density at radius 2 is 1.53 bits per heavy atom. The Morgan fingerprint density at radius 1 is 0.906 bits per heavy atom. The second kappa shape index (κ2) is 7.58. The van der Waals surface area contributed by atoms with Gasteiger partial charge in [0.25, 0.3) is 0 Å². The lowest BCUT2D eigenvalue weighted by Crippen LogP contribution is -2.59. The maximum atomic E-state index is 13.0. The van der Waals surface area contributed by atoms with Crippen LogP contribution < -0.4 is 0 Å². The van der Waals surface area contributed by atoms with Gasteiger partial charge in [-0.2, -0.15) is 0 Å². The molecular formula is C31H50O. The van der Waals surface area contributed by atoms with E-state index >= 15 is 0 Å². The van der Waals surface area contributed by atoms with Gasteiger partial charge in [0.15, 0.2) is 0 Å². The average Bonchev–Trinajstić information content (AvgIpc) is 2.99. The lowest BCUT2D eigenvalue weighted by atomic mass is 9.38. The quantitative estimate of drug-likeness (QED) is 0.400. The molecule has 0 radical (unpaired) electrons. The van der Waals surface area contributed by atoms with E-state index in [0.29, 0.717) is 16.6 Å². The Kier molecular flexibility index (Phi) is 5.75. The van der Waals surface area contributed by atoms with Crippen LogP contribution in [0.2, 0.25) is 0 Å². The summed E-state index contributed by atoms with van der Waals surface area (Å²) in [4.78, 5) is 13.0. The van der Waals surface area contributed by atoms with Gasteiger partial charge in [-0.15, -0.1) is 0 Å². The highest BCUT2D eigenvalue weighted by Crippen LogP contribution is 2.74. The van der Waals surface area contributed by atoms with Crippen molar-refractivity contribution in [2.75, 3.05) is 0 Å². The lowest BCUT2D eigenvalue weighted by Gasteiger charge is -2.65. The number of carbonyl (C=O) groups is 1. The van der Waals surface area contributed by atoms with Crippen molar-refractivity contribution in [1.29, 1.82) is 0 Å². The zero-order valence-corrected chi connectivity index (χ0v) is 22.7. The third kappa shape index (κ3) is 2.97. The molecule has 32 heavy (non-hydrogen) atoms. The molecule has 0 unspecified atom stereocenters. The van der Waals surface area contributed by atoms with Crippen LogP contribution in [0.25, 0.3) is 0 Å². The molecule has 1 heteroatoms. The molecule has 6 atom stereocenters. The van der Waals surface area contributed by atoms with Crippen molar-refractivity contribution in [1.82, 2.24) is 0 Å². The minimum absolute atomic E-state index is 0.0912. The lowest BCUT2D eigenvalue weighted by molar-refractivity contribution is -0.153. The minimum Gasteiger partial charge on any atom is -0.299 e. The Hall–Kier alpha value is -0.850. The Balaban J connectivity index is 1.69. The van der Waals surface area contributed by atoms with Crippen LogP contribution >= 0.6 is 0 Å². The smallest absolute Gasteiger partial charge is 0.139 e. The van der Waals surface area contributed by atoms with Crippen LogP contribution in [0.1, 0.15) is 127 Å². The fourth-order valence-corrected chi connectivity index (χ4v) is 9.46. The molecule has 0 N–H and O–H groups in total. The summed E-state index contributed by atoms with van der Waals surface area (Å²) in [5, 5.41) is 0. The molecule has 0 heterocycles. The minimum atomic E-state index is -0.210. The van der Waals surface area contributed by atoms with Crippen molar-refractivity contribution in [3.8, 4) is 0 Å². The zero-order valence-electron chi connectivity index (χ0n) is 22.7. The predicted molar refractivity (Wildman–Crippen MR) is 136 cm³/mol. The highest BCUT2D eigenvalue weighted by atomic mass is 16.1. The molecular weight excluding hydrogens is 388 g/mol. The molecule has 0 aromatic rings. The summed E-state index contributed by atoms with van der Waals surface area (Å²) in [7, 11) is 0. The van der Waals surface area contributed by atoms with E-state index in [4.69, 9.17) is 0 Å². The average molecular weight is 439 g/mol. The molecule has 0 saturated heterocycles. The Labute approximate surface area is 198 Å². The summed E-state index contributed by atoms with van der Waals surface area (Å²) in [5.74, 6) is 2.15. The number of Topliss-reactive ketones (excluding diaryl/α,β-unsaturated/α-hetero) is 1. The van der Waals surface area contributed by atoms with Crippen molar-refractivity contribution in [2.45, 2.75) is 127 Å². The molecule has 0 aromatic heterocycles. The number of ketones is 1. The van der Waals surface area contributed by atoms with Gasteiger partial charge >= 0.3 is 0 Å². The number of rotatable bonds is 4. The fourth-order valence-electron chi connectivity index (χ4n) is 9.46. The van der Waals surface area contributed by atoms with Gasteiger partial charge in [-0.3, -0.25) is 4.79 Å². The maximum absolute atomic E-state index is 13.0. The first kappa shape index (κ1) is 24.3. The van der Waals surface area contributed by atoms with Crippen molar-refractivity contribution >= 4 is 5.78 Å². The highest BCUT2D eigenvalue weighted by molar-refractivity contribution is 5.86. The number of carbonyl (C=O) groups excluding carboxylic acids is 1. The third-order valence-electron chi connectivity index (χ3n) is 12.5. The van der Waals surface area contributed by atoms with Gasteiger partial charge in [0.2, 0.25) is 0 Å². The summed E-state index contributed by atoms with van der Waals surface area (Å²) in [6, 6.07) is 0. The standard InChI is InChI=1S/C31H50O/c1-21(2)11-10-12-22(3)23-13-17-29(7)24-15-20-31(9)27(4,5)26(32)16-19-30(31,8)25(24)14-18-28(23,29)6/h11,22-23H,10,12-20H2,1-9H3/t22-,23-,28-,29+,30-,31+/m1/s1. The fraction of sp³-hybridized carbons (Fsp3) is 0.839. The third-order valence-corrected chi connectivity index (χ3v) is 12.5. The number of hydrogen-bond acceptors (Lipinski definition) is 1. The van der Waals surface area contributed by atoms with E-state index in [0.717, 1.165) is 24.7 Å². The summed E-state index contributed by atoms with van der Waals surface area (Å²) in [6.45, 7) is 21.8. The predicted octanol–water partition coefficient (Wildman–Crippen LogP) is 9.08. The summed E-state index contributed by atoms with van der Waals surface area (Å²) < 4.78 is 0. The Bertz CT molecular complexity index is 854. The highest BCUT2D eigenvalue weighted by Gasteiger charge is 2.66. The molecule has 4 aliphatic rings. The zero-order chi connectivity index (χ0) is 23.7. The van der Waals surface area contributed by atoms with Crippen LogP contribution in [0.4, 0.5) is 0 Å².